The third-order valence-corrected chi connectivity index (χ3v) is 1.53. The molecule has 0 bridgehead atoms. The number of carbonyl (C=O) groups is 1. The summed E-state index contributed by atoms with van der Waals surface area (Å²) in [6.07, 6.45) is 1.66. The summed E-state index contributed by atoms with van der Waals surface area (Å²) < 4.78 is 0. The highest BCUT2D eigenvalue weighted by Crippen LogP contribution is 1.88. The van der Waals surface area contributed by atoms with E-state index in [2.05, 4.69) is 15.3 Å². The normalized spacial score (nSPS) is 9.64. The summed E-state index contributed by atoms with van der Waals surface area (Å²) in [5.41, 5.74) is 7.99. The first-order valence-corrected chi connectivity index (χ1v) is 4.59. The number of nitrogens with zero attached hydrogens (tertiary/aromatic N) is 4. The molecule has 1 N–H and O–H groups in total. The molecule has 0 aliphatic rings. The lowest BCUT2D eigenvalue weighted by molar-refractivity contribution is -0.121. The van der Waals surface area contributed by atoms with Gasteiger partial charge in [-0.25, -0.2) is 0 Å². The van der Waals surface area contributed by atoms with Crippen molar-refractivity contribution < 1.29 is 4.79 Å². The molecule has 0 rings (SSSR count). The monoisotopic (exact) mass is 199 g/mol. The number of amides is 1. The van der Waals surface area contributed by atoms with Gasteiger partial charge >= 0.3 is 0 Å². The number of hydrogen-bond acceptors (Lipinski definition) is 3. The van der Waals surface area contributed by atoms with Crippen molar-refractivity contribution >= 4 is 5.91 Å². The lowest BCUT2D eigenvalue weighted by atomic mass is 10.3. The highest BCUT2D eigenvalue weighted by atomic mass is 16.1. The summed E-state index contributed by atoms with van der Waals surface area (Å²) in [5.74, 6) is 0.0267. The topological polar surface area (TPSA) is 81.1 Å². The maximum atomic E-state index is 11.1. The van der Waals surface area contributed by atoms with Crippen LogP contribution in [0.5, 0.6) is 0 Å². The van der Waals surface area contributed by atoms with Crippen molar-refractivity contribution in [2.24, 2.45) is 5.11 Å². The number of unbranched alkanes of at least 4 members (excludes halogenated alkanes) is 1. The van der Waals surface area contributed by atoms with E-state index >= 15 is 0 Å². The van der Waals surface area contributed by atoms with E-state index in [4.69, 9.17) is 5.53 Å². The number of azide groups is 1. The quantitative estimate of drug-likeness (QED) is 0.284. The van der Waals surface area contributed by atoms with E-state index in [1.165, 1.54) is 0 Å². The Kier molecular flexibility index (Phi) is 7.59. The summed E-state index contributed by atoms with van der Waals surface area (Å²) in [6, 6.07) is 0. The van der Waals surface area contributed by atoms with Gasteiger partial charge in [0.05, 0.1) is 6.54 Å². The Morgan fingerprint density at radius 2 is 2.21 bits per heavy atom. The van der Waals surface area contributed by atoms with Crippen molar-refractivity contribution in [3.63, 3.8) is 0 Å². The van der Waals surface area contributed by atoms with Gasteiger partial charge in [0.15, 0.2) is 0 Å². The van der Waals surface area contributed by atoms with Gasteiger partial charge in [-0.3, -0.25) is 4.79 Å². The van der Waals surface area contributed by atoms with Gasteiger partial charge in [-0.05, 0) is 32.5 Å². The van der Waals surface area contributed by atoms with E-state index in [9.17, 15) is 4.79 Å². The molecule has 0 radical (unpaired) electrons. The van der Waals surface area contributed by atoms with E-state index in [-0.39, 0.29) is 5.91 Å². The molecule has 6 heteroatoms. The molecule has 0 fully saturated rings. The van der Waals surface area contributed by atoms with Crippen molar-refractivity contribution in [1.29, 1.82) is 0 Å². The zero-order valence-corrected chi connectivity index (χ0v) is 8.73. The largest absolute Gasteiger partial charge is 0.355 e. The van der Waals surface area contributed by atoms with Crippen LogP contribution < -0.4 is 5.32 Å². The molecule has 0 aromatic carbocycles. The van der Waals surface area contributed by atoms with Crippen LogP contribution in [0.1, 0.15) is 12.8 Å². The lowest BCUT2D eigenvalue weighted by Gasteiger charge is -2.09. The Morgan fingerprint density at radius 1 is 1.50 bits per heavy atom. The Balaban J connectivity index is 3.27. The van der Waals surface area contributed by atoms with Gasteiger partial charge in [0.25, 0.3) is 0 Å². The molecular weight excluding hydrogens is 182 g/mol. The zero-order chi connectivity index (χ0) is 10.8. The molecule has 0 aliphatic heterocycles. The Hall–Kier alpha value is -1.26. The van der Waals surface area contributed by atoms with Crippen LogP contribution in [0.4, 0.5) is 0 Å². The van der Waals surface area contributed by atoms with Crippen LogP contribution in [0.25, 0.3) is 10.4 Å². The van der Waals surface area contributed by atoms with E-state index < -0.39 is 0 Å². The average molecular weight is 199 g/mol. The molecule has 1 amide bonds. The van der Waals surface area contributed by atoms with Crippen LogP contribution in [0.3, 0.4) is 0 Å². The van der Waals surface area contributed by atoms with E-state index in [1.807, 2.05) is 19.0 Å². The van der Waals surface area contributed by atoms with E-state index in [0.29, 0.717) is 19.6 Å². The fourth-order valence-corrected chi connectivity index (χ4v) is 0.923. The molecule has 80 valence electrons. The molecule has 0 aromatic heterocycles. The highest BCUT2D eigenvalue weighted by Gasteiger charge is 2.00. The van der Waals surface area contributed by atoms with Gasteiger partial charge in [0.2, 0.25) is 5.91 Å². The van der Waals surface area contributed by atoms with Crippen molar-refractivity contribution in [3.05, 3.63) is 10.4 Å². The van der Waals surface area contributed by atoms with Crippen LogP contribution in [0.15, 0.2) is 5.11 Å². The van der Waals surface area contributed by atoms with Gasteiger partial charge in [-0.2, -0.15) is 0 Å². The molecule has 0 aliphatic carbocycles. The second-order valence-corrected chi connectivity index (χ2v) is 3.25. The molecule has 0 atom stereocenters. The number of carbonyl (C=O) groups excluding carboxylic acids is 1. The zero-order valence-electron chi connectivity index (χ0n) is 8.73. The van der Waals surface area contributed by atoms with Crippen molar-refractivity contribution in [3.8, 4) is 0 Å². The fraction of sp³-hybridized carbons (Fsp3) is 0.875. The minimum atomic E-state index is 0.0267. The maximum absolute atomic E-state index is 11.1. The van der Waals surface area contributed by atoms with Gasteiger partial charge in [-0.15, -0.1) is 0 Å². The maximum Gasteiger partial charge on any atom is 0.234 e. The van der Waals surface area contributed by atoms with Crippen LogP contribution in [0.2, 0.25) is 0 Å². The molecule has 6 nitrogen and oxygen atoms in total. The van der Waals surface area contributed by atoms with E-state index in [1.54, 1.807) is 0 Å². The summed E-state index contributed by atoms with van der Waals surface area (Å²) >= 11 is 0. The lowest BCUT2D eigenvalue weighted by Crippen LogP contribution is -2.33. The summed E-state index contributed by atoms with van der Waals surface area (Å²) in [7, 11) is 3.70. The second kappa shape index (κ2) is 8.34. The number of nitrogens with one attached hydrogen (secondary N) is 1. The van der Waals surface area contributed by atoms with Gasteiger partial charge in [0.1, 0.15) is 0 Å². The molecular formula is C8H17N5O. The SMILES string of the molecule is CN(C)CC(=O)NCCCCN=[N+]=[N-]. The summed E-state index contributed by atoms with van der Waals surface area (Å²) in [4.78, 5) is 15.6. The van der Waals surface area contributed by atoms with E-state index in [0.717, 1.165) is 12.8 Å². The smallest absolute Gasteiger partial charge is 0.234 e. The Morgan fingerprint density at radius 3 is 2.79 bits per heavy atom. The minimum absolute atomic E-state index is 0.0267. The molecule has 0 spiro atoms. The predicted molar refractivity (Wildman–Crippen MR) is 54.8 cm³/mol. The number of likely N-dealkylation sites (N-methyl/N-ethyl adjacent to an activating group) is 1. The first kappa shape index (κ1) is 12.7. The highest BCUT2D eigenvalue weighted by molar-refractivity contribution is 5.77. The van der Waals surface area contributed by atoms with Crippen molar-refractivity contribution in [2.45, 2.75) is 12.8 Å². The third kappa shape index (κ3) is 8.83. The molecule has 0 heterocycles. The molecule has 0 unspecified atom stereocenters. The van der Waals surface area contributed by atoms with Gasteiger partial charge in [-0.1, -0.05) is 5.11 Å². The van der Waals surface area contributed by atoms with Crippen LogP contribution in [-0.2, 0) is 4.79 Å². The Bertz CT molecular complexity index is 210. The van der Waals surface area contributed by atoms with Gasteiger partial charge < -0.3 is 10.2 Å². The molecule has 0 saturated heterocycles. The summed E-state index contributed by atoms with van der Waals surface area (Å²) in [6.45, 7) is 1.56. The van der Waals surface area contributed by atoms with Crippen LogP contribution in [0, 0.1) is 0 Å². The van der Waals surface area contributed by atoms with Crippen LogP contribution in [-0.4, -0.2) is 44.5 Å². The first-order chi connectivity index (χ1) is 6.66. The molecule has 0 saturated carbocycles. The Labute approximate surface area is 83.9 Å². The molecule has 0 aromatic rings. The first-order valence-electron chi connectivity index (χ1n) is 4.59. The van der Waals surface area contributed by atoms with Crippen molar-refractivity contribution in [1.82, 2.24) is 10.2 Å². The third-order valence-electron chi connectivity index (χ3n) is 1.53. The number of rotatable bonds is 7. The second-order valence-electron chi connectivity index (χ2n) is 3.25. The predicted octanol–water partition coefficient (Wildman–Crippen LogP) is 0.755. The standard InChI is InChI=1S/C8H17N5O/c1-13(2)7-8(14)10-5-3-4-6-11-12-9/h3-7H2,1-2H3,(H,10,14). The number of hydrogen-bond donors (Lipinski definition) is 1. The van der Waals surface area contributed by atoms with Crippen molar-refractivity contribution in [2.75, 3.05) is 33.7 Å². The minimum Gasteiger partial charge on any atom is -0.355 e. The summed E-state index contributed by atoms with van der Waals surface area (Å²) in [5, 5.41) is 6.17. The van der Waals surface area contributed by atoms with Crippen LogP contribution >= 0.6 is 0 Å². The average Bonchev–Trinajstić information content (AvgIpc) is 2.10. The fourth-order valence-electron chi connectivity index (χ4n) is 0.923. The van der Waals surface area contributed by atoms with Gasteiger partial charge in [0, 0.05) is 18.0 Å². The molecule has 14 heavy (non-hydrogen) atoms.